The zero-order chi connectivity index (χ0) is 14.6. The maximum Gasteiger partial charge on any atom is 0.136 e. The van der Waals surface area contributed by atoms with Crippen molar-refractivity contribution in [1.82, 2.24) is 5.32 Å². The quantitative estimate of drug-likeness (QED) is 0.577. The highest BCUT2D eigenvalue weighted by Crippen LogP contribution is 2.34. The number of aliphatic hydroxyl groups is 1. The fraction of sp³-hybridized carbons (Fsp3) is 0.400. The van der Waals surface area contributed by atoms with Crippen molar-refractivity contribution in [2.75, 3.05) is 18.1 Å². The molecule has 3 N–H and O–H groups in total. The third-order valence-corrected chi connectivity index (χ3v) is 3.90. The molecule has 0 radical (unpaired) electrons. The van der Waals surface area contributed by atoms with Gasteiger partial charge in [-0.3, -0.25) is 4.99 Å². The summed E-state index contributed by atoms with van der Waals surface area (Å²) in [5, 5.41) is 16.2. The maximum absolute atomic E-state index is 10.0. The Kier molecular flexibility index (Phi) is 4.73. The second-order valence-corrected chi connectivity index (χ2v) is 5.80. The molecule has 0 spiro atoms. The molecule has 0 saturated heterocycles. The van der Waals surface area contributed by atoms with Gasteiger partial charge in [-0.2, -0.15) is 0 Å². The lowest BCUT2D eigenvalue weighted by atomic mass is 10.1. The van der Waals surface area contributed by atoms with Gasteiger partial charge in [0, 0.05) is 29.8 Å². The van der Waals surface area contributed by atoms with Gasteiger partial charge in [0.05, 0.1) is 6.34 Å². The monoisotopic (exact) mass is 291 g/mol. The van der Waals surface area contributed by atoms with Crippen molar-refractivity contribution < 1.29 is 5.11 Å². The van der Waals surface area contributed by atoms with Crippen molar-refractivity contribution in [3.63, 3.8) is 0 Å². The molecule has 0 fully saturated rings. The van der Waals surface area contributed by atoms with Gasteiger partial charge in [-0.15, -0.1) is 11.8 Å². The van der Waals surface area contributed by atoms with Gasteiger partial charge in [0.25, 0.3) is 0 Å². The number of thioether (sulfide) groups is 1. The molecule has 2 rings (SSSR count). The normalized spacial score (nSPS) is 21.9. The van der Waals surface area contributed by atoms with E-state index in [1.807, 2.05) is 25.4 Å². The second-order valence-electron chi connectivity index (χ2n) is 4.95. The number of rotatable bonds is 5. The summed E-state index contributed by atoms with van der Waals surface area (Å²) in [7, 11) is 0. The summed E-state index contributed by atoms with van der Waals surface area (Å²) in [6.07, 6.45) is 6.33. The molecule has 108 valence electrons. The molecule has 4 nitrogen and oxygen atoms in total. The summed E-state index contributed by atoms with van der Waals surface area (Å²) in [6.45, 7) is 4.56. The van der Waals surface area contributed by atoms with E-state index in [-0.39, 0.29) is 0 Å². The molecule has 1 aromatic rings. The number of nitrogens with one attached hydrogen (secondary N) is 2. The maximum atomic E-state index is 10.0. The molecule has 0 aliphatic carbocycles. The van der Waals surface area contributed by atoms with E-state index in [2.05, 4.69) is 27.8 Å². The van der Waals surface area contributed by atoms with Crippen LogP contribution in [-0.4, -0.2) is 30.0 Å². The van der Waals surface area contributed by atoms with Crippen molar-refractivity contribution in [2.45, 2.75) is 26.0 Å². The van der Waals surface area contributed by atoms with Gasteiger partial charge in [-0.1, -0.05) is 6.07 Å². The highest BCUT2D eigenvalue weighted by Gasteiger charge is 2.29. The SMILES string of the molecule is CCN=CN/C=C(\SC)c1ccc2c(c1)CC(C)(O)N2. The van der Waals surface area contributed by atoms with Crippen LogP contribution < -0.4 is 10.6 Å². The van der Waals surface area contributed by atoms with Gasteiger partial charge in [-0.25, -0.2) is 0 Å². The Bertz CT molecular complexity index is 538. The number of fused-ring (bicyclic) bond motifs is 1. The number of anilines is 1. The van der Waals surface area contributed by atoms with Crippen molar-refractivity contribution in [3.05, 3.63) is 35.5 Å². The van der Waals surface area contributed by atoms with Crippen LogP contribution >= 0.6 is 11.8 Å². The minimum atomic E-state index is -0.837. The largest absolute Gasteiger partial charge is 0.371 e. The zero-order valence-corrected chi connectivity index (χ0v) is 12.9. The number of hydrogen-bond donors (Lipinski definition) is 3. The Morgan fingerprint density at radius 1 is 1.60 bits per heavy atom. The van der Waals surface area contributed by atoms with E-state index >= 15 is 0 Å². The fourth-order valence-corrected chi connectivity index (χ4v) is 2.79. The third kappa shape index (κ3) is 3.55. The summed E-state index contributed by atoms with van der Waals surface area (Å²) >= 11 is 1.68. The zero-order valence-electron chi connectivity index (χ0n) is 12.1. The van der Waals surface area contributed by atoms with Gasteiger partial charge in [0.1, 0.15) is 5.72 Å². The number of aliphatic imine (C=N–C) groups is 1. The van der Waals surface area contributed by atoms with Crippen LogP contribution in [0.1, 0.15) is 25.0 Å². The van der Waals surface area contributed by atoms with Gasteiger partial charge < -0.3 is 15.7 Å². The van der Waals surface area contributed by atoms with Gasteiger partial charge in [0.2, 0.25) is 0 Å². The fourth-order valence-electron chi connectivity index (χ4n) is 2.24. The molecule has 0 saturated carbocycles. The predicted molar refractivity (Wildman–Crippen MR) is 88.1 cm³/mol. The number of nitrogens with zero attached hydrogens (tertiary/aromatic N) is 1. The standard InChI is InChI=1S/C15H21N3OS/c1-4-16-10-17-9-14(20-3)11-5-6-13-12(7-11)8-15(2,19)18-13/h5-7,9-10,18-19H,4,8H2,1-3H3,(H,16,17)/b14-9-. The first-order chi connectivity index (χ1) is 9.55. The number of hydrogen-bond acceptors (Lipinski definition) is 4. The number of benzene rings is 1. The molecule has 1 aromatic carbocycles. The average molecular weight is 291 g/mol. The highest BCUT2D eigenvalue weighted by atomic mass is 32.2. The minimum absolute atomic E-state index is 0.628. The Hall–Kier alpha value is -1.46. The van der Waals surface area contributed by atoms with Gasteiger partial charge >= 0.3 is 0 Å². The topological polar surface area (TPSA) is 56.7 Å². The van der Waals surface area contributed by atoms with Crippen LogP contribution in [0.5, 0.6) is 0 Å². The molecular formula is C15H21N3OS. The highest BCUT2D eigenvalue weighted by molar-refractivity contribution is 8.07. The van der Waals surface area contributed by atoms with Crippen molar-refractivity contribution in [1.29, 1.82) is 0 Å². The van der Waals surface area contributed by atoms with Crippen LogP contribution in [0, 0.1) is 0 Å². The Labute approximate surface area is 124 Å². The lowest BCUT2D eigenvalue weighted by molar-refractivity contribution is 0.0986. The van der Waals surface area contributed by atoms with Crippen LogP contribution in [0.2, 0.25) is 0 Å². The molecule has 0 bridgehead atoms. The van der Waals surface area contributed by atoms with Crippen molar-refractivity contribution in [3.8, 4) is 0 Å². The second kappa shape index (κ2) is 6.33. The molecule has 1 aliphatic rings. The van der Waals surface area contributed by atoms with Gasteiger partial charge in [0.15, 0.2) is 0 Å². The first-order valence-electron chi connectivity index (χ1n) is 6.68. The molecule has 1 atom stereocenters. The lowest BCUT2D eigenvalue weighted by Gasteiger charge is -2.16. The summed E-state index contributed by atoms with van der Waals surface area (Å²) in [6, 6.07) is 6.22. The van der Waals surface area contributed by atoms with E-state index in [0.29, 0.717) is 6.42 Å². The van der Waals surface area contributed by atoms with Crippen LogP contribution in [0.25, 0.3) is 4.91 Å². The minimum Gasteiger partial charge on any atom is -0.371 e. The Balaban J connectivity index is 2.18. The van der Waals surface area contributed by atoms with Crippen molar-refractivity contribution in [2.24, 2.45) is 4.99 Å². The van der Waals surface area contributed by atoms with E-state index in [1.54, 1.807) is 25.0 Å². The summed E-state index contributed by atoms with van der Waals surface area (Å²) < 4.78 is 0. The molecule has 1 unspecified atom stereocenters. The average Bonchev–Trinajstić information content (AvgIpc) is 2.71. The molecule has 20 heavy (non-hydrogen) atoms. The van der Waals surface area contributed by atoms with E-state index in [0.717, 1.165) is 28.3 Å². The Morgan fingerprint density at radius 2 is 2.40 bits per heavy atom. The molecule has 0 aromatic heterocycles. The smallest absolute Gasteiger partial charge is 0.136 e. The van der Waals surface area contributed by atoms with Gasteiger partial charge in [-0.05, 0) is 43.4 Å². The first kappa shape index (κ1) is 14.9. The molecule has 0 amide bonds. The van der Waals surface area contributed by atoms with Crippen LogP contribution in [0.4, 0.5) is 5.69 Å². The van der Waals surface area contributed by atoms with E-state index in [9.17, 15) is 5.11 Å². The molecular weight excluding hydrogens is 270 g/mol. The summed E-state index contributed by atoms with van der Waals surface area (Å²) in [5.74, 6) is 0. The summed E-state index contributed by atoms with van der Waals surface area (Å²) in [4.78, 5) is 5.26. The van der Waals surface area contributed by atoms with Crippen molar-refractivity contribution >= 4 is 28.7 Å². The Morgan fingerprint density at radius 3 is 3.10 bits per heavy atom. The molecule has 1 aliphatic heterocycles. The molecule has 5 heteroatoms. The predicted octanol–water partition coefficient (Wildman–Crippen LogP) is 2.66. The summed E-state index contributed by atoms with van der Waals surface area (Å²) in [5.41, 5.74) is 2.47. The molecule has 1 heterocycles. The van der Waals surface area contributed by atoms with Crippen LogP contribution in [0.3, 0.4) is 0 Å². The van der Waals surface area contributed by atoms with Crippen LogP contribution in [0.15, 0.2) is 29.4 Å². The van der Waals surface area contributed by atoms with E-state index in [1.165, 1.54) is 0 Å². The van der Waals surface area contributed by atoms with E-state index in [4.69, 9.17) is 0 Å². The van der Waals surface area contributed by atoms with E-state index < -0.39 is 5.72 Å². The van der Waals surface area contributed by atoms with Crippen LogP contribution in [-0.2, 0) is 6.42 Å². The lowest BCUT2D eigenvalue weighted by Crippen LogP contribution is -2.31. The first-order valence-corrected chi connectivity index (χ1v) is 7.90. The third-order valence-electron chi connectivity index (χ3n) is 3.11.